The van der Waals surface area contributed by atoms with Gasteiger partial charge in [-0.15, -0.1) is 0 Å². The number of nitrogens with one attached hydrogen (secondary N) is 1. The standard InChI is InChI=1S/C25H29N3O5S/c1-16-14-20-22(33-17(2)24(29)26-20)15-23(16)34(31,32)27-12-9-19(10-13-27)25(30)28-11-5-7-18-6-3-4-8-21(18)28/h3-4,6,8,14-15,17,19H,5,7,9-13H2,1-2H3,(H,26,29)/t17-/m1/s1. The lowest BCUT2D eigenvalue weighted by atomic mass is 9.94. The number of nitrogens with zero attached hydrogens (tertiary/aromatic N) is 2. The van der Waals surface area contributed by atoms with Crippen LogP contribution in [0, 0.1) is 12.8 Å². The van der Waals surface area contributed by atoms with Gasteiger partial charge < -0.3 is 15.0 Å². The van der Waals surface area contributed by atoms with Gasteiger partial charge in [0.25, 0.3) is 5.91 Å². The summed E-state index contributed by atoms with van der Waals surface area (Å²) in [7, 11) is -3.76. The van der Waals surface area contributed by atoms with Gasteiger partial charge >= 0.3 is 0 Å². The van der Waals surface area contributed by atoms with E-state index < -0.39 is 16.1 Å². The number of carbonyl (C=O) groups excluding carboxylic acids is 2. The van der Waals surface area contributed by atoms with Gasteiger partial charge in [0.15, 0.2) is 6.10 Å². The van der Waals surface area contributed by atoms with Crippen molar-refractivity contribution in [3.05, 3.63) is 47.5 Å². The largest absolute Gasteiger partial charge is 0.479 e. The van der Waals surface area contributed by atoms with Gasteiger partial charge in [-0.3, -0.25) is 9.59 Å². The molecule has 34 heavy (non-hydrogen) atoms. The zero-order valence-electron chi connectivity index (χ0n) is 19.4. The highest BCUT2D eigenvalue weighted by Crippen LogP contribution is 2.37. The van der Waals surface area contributed by atoms with Gasteiger partial charge in [-0.05, 0) is 62.8 Å². The lowest BCUT2D eigenvalue weighted by molar-refractivity contribution is -0.124. The van der Waals surface area contributed by atoms with Crippen molar-refractivity contribution in [3.8, 4) is 5.75 Å². The minimum absolute atomic E-state index is 0.0901. The number of piperidine rings is 1. The molecule has 2 aromatic carbocycles. The molecule has 9 heteroatoms. The first-order valence-electron chi connectivity index (χ1n) is 11.8. The number of amides is 2. The summed E-state index contributed by atoms with van der Waals surface area (Å²) in [6.07, 6.45) is 2.21. The van der Waals surface area contributed by atoms with Crippen LogP contribution in [0.4, 0.5) is 11.4 Å². The maximum absolute atomic E-state index is 13.5. The predicted molar refractivity (Wildman–Crippen MR) is 128 cm³/mol. The third kappa shape index (κ3) is 3.96. The summed E-state index contributed by atoms with van der Waals surface area (Å²) in [5.74, 6) is -0.00963. The third-order valence-electron chi connectivity index (χ3n) is 7.01. The Bertz CT molecular complexity index is 1250. The highest BCUT2D eigenvalue weighted by atomic mass is 32.2. The molecule has 2 amide bonds. The van der Waals surface area contributed by atoms with Gasteiger partial charge in [0.2, 0.25) is 15.9 Å². The maximum atomic E-state index is 13.5. The second-order valence-electron chi connectivity index (χ2n) is 9.26. The zero-order valence-corrected chi connectivity index (χ0v) is 20.2. The third-order valence-corrected chi connectivity index (χ3v) is 9.05. The number of carbonyl (C=O) groups is 2. The van der Waals surface area contributed by atoms with Gasteiger partial charge in [-0.2, -0.15) is 4.31 Å². The minimum atomic E-state index is -3.76. The van der Waals surface area contributed by atoms with E-state index in [4.69, 9.17) is 4.74 Å². The molecule has 8 nitrogen and oxygen atoms in total. The monoisotopic (exact) mass is 483 g/mol. The number of anilines is 2. The van der Waals surface area contributed by atoms with Crippen LogP contribution in [0.5, 0.6) is 5.75 Å². The first kappa shape index (κ1) is 22.9. The van der Waals surface area contributed by atoms with E-state index in [1.165, 1.54) is 15.9 Å². The number of hydrogen-bond acceptors (Lipinski definition) is 5. The fraction of sp³-hybridized carbons (Fsp3) is 0.440. The first-order valence-corrected chi connectivity index (χ1v) is 13.2. The smallest absolute Gasteiger partial charge is 0.265 e. The molecular formula is C25H29N3O5S. The van der Waals surface area contributed by atoms with Gasteiger partial charge in [0.1, 0.15) is 5.75 Å². The van der Waals surface area contributed by atoms with Crippen molar-refractivity contribution in [1.29, 1.82) is 0 Å². The Labute approximate surface area is 199 Å². The van der Waals surface area contributed by atoms with Crippen molar-refractivity contribution in [2.45, 2.75) is 50.5 Å². The minimum Gasteiger partial charge on any atom is -0.479 e. The molecule has 0 unspecified atom stereocenters. The predicted octanol–water partition coefficient (Wildman–Crippen LogP) is 3.09. The van der Waals surface area contributed by atoms with Crippen molar-refractivity contribution in [3.63, 3.8) is 0 Å². The van der Waals surface area contributed by atoms with Crippen molar-refractivity contribution < 1.29 is 22.7 Å². The normalized spacial score (nSPS) is 21.3. The molecule has 5 rings (SSSR count). The van der Waals surface area contributed by atoms with Gasteiger partial charge in [0.05, 0.1) is 10.6 Å². The van der Waals surface area contributed by atoms with E-state index in [0.717, 1.165) is 18.5 Å². The second kappa shape index (κ2) is 8.70. The van der Waals surface area contributed by atoms with E-state index in [-0.39, 0.29) is 22.6 Å². The molecule has 1 saturated heterocycles. The summed E-state index contributed by atoms with van der Waals surface area (Å²) in [5.41, 5.74) is 3.20. The van der Waals surface area contributed by atoms with Crippen molar-refractivity contribution >= 4 is 33.2 Å². The molecule has 0 aromatic heterocycles. The number of rotatable bonds is 3. The van der Waals surface area contributed by atoms with Gasteiger partial charge in [-0.1, -0.05) is 18.2 Å². The van der Waals surface area contributed by atoms with E-state index in [1.54, 1.807) is 19.9 Å². The van der Waals surface area contributed by atoms with E-state index in [9.17, 15) is 18.0 Å². The molecular weight excluding hydrogens is 454 g/mol. The summed E-state index contributed by atoms with van der Waals surface area (Å²) >= 11 is 0. The summed E-state index contributed by atoms with van der Waals surface area (Å²) in [4.78, 5) is 27.2. The molecule has 3 aliphatic rings. The molecule has 3 aliphatic heterocycles. The molecule has 3 heterocycles. The Kier molecular flexibility index (Phi) is 5.85. The molecule has 180 valence electrons. The van der Waals surface area contributed by atoms with Crippen molar-refractivity contribution in [2.75, 3.05) is 29.9 Å². The summed E-state index contributed by atoms with van der Waals surface area (Å²) < 4.78 is 34.0. The van der Waals surface area contributed by atoms with Crippen LogP contribution in [0.3, 0.4) is 0 Å². The van der Waals surface area contributed by atoms with Gasteiger partial charge in [0, 0.05) is 37.3 Å². The first-order chi connectivity index (χ1) is 16.3. The Balaban J connectivity index is 1.31. The number of sulfonamides is 1. The van der Waals surface area contributed by atoms with Crippen molar-refractivity contribution in [1.82, 2.24) is 4.31 Å². The van der Waals surface area contributed by atoms with Crippen LogP contribution < -0.4 is 15.0 Å². The van der Waals surface area contributed by atoms with Crippen LogP contribution in [0.2, 0.25) is 0 Å². The Morgan fingerprint density at radius 1 is 1.12 bits per heavy atom. The number of benzene rings is 2. The fourth-order valence-electron chi connectivity index (χ4n) is 5.09. The fourth-order valence-corrected chi connectivity index (χ4v) is 6.78. The maximum Gasteiger partial charge on any atom is 0.265 e. The molecule has 0 spiro atoms. The van der Waals surface area contributed by atoms with E-state index in [1.807, 2.05) is 23.1 Å². The number of aryl methyl sites for hydroxylation is 2. The molecule has 0 radical (unpaired) electrons. The quantitative estimate of drug-likeness (QED) is 0.724. The number of hydrogen-bond donors (Lipinski definition) is 1. The van der Waals surface area contributed by atoms with Crippen LogP contribution in [-0.4, -0.2) is 50.3 Å². The Morgan fingerprint density at radius 3 is 2.62 bits per heavy atom. The van der Waals surface area contributed by atoms with Crippen LogP contribution in [0.1, 0.15) is 37.3 Å². The van der Waals surface area contributed by atoms with E-state index in [0.29, 0.717) is 49.5 Å². The van der Waals surface area contributed by atoms with Crippen LogP contribution in [0.15, 0.2) is 41.3 Å². The molecule has 0 bridgehead atoms. The Hall–Kier alpha value is -2.91. The zero-order chi connectivity index (χ0) is 24.0. The van der Waals surface area contributed by atoms with Crippen molar-refractivity contribution in [2.24, 2.45) is 5.92 Å². The lowest BCUT2D eigenvalue weighted by Gasteiger charge is -2.36. The van der Waals surface area contributed by atoms with Gasteiger partial charge in [-0.25, -0.2) is 8.42 Å². The topological polar surface area (TPSA) is 96.0 Å². The lowest BCUT2D eigenvalue weighted by Crippen LogP contribution is -2.45. The van der Waals surface area contributed by atoms with E-state index >= 15 is 0 Å². The average Bonchev–Trinajstić information content (AvgIpc) is 2.84. The van der Waals surface area contributed by atoms with Crippen LogP contribution >= 0.6 is 0 Å². The highest BCUT2D eigenvalue weighted by molar-refractivity contribution is 7.89. The molecule has 1 N–H and O–H groups in total. The molecule has 0 aliphatic carbocycles. The number of ether oxygens (including phenoxy) is 1. The second-order valence-corrected chi connectivity index (χ2v) is 11.2. The number of fused-ring (bicyclic) bond motifs is 2. The van der Waals surface area contributed by atoms with Crippen LogP contribution in [0.25, 0.3) is 0 Å². The highest BCUT2D eigenvalue weighted by Gasteiger charge is 2.36. The Morgan fingerprint density at radius 2 is 1.85 bits per heavy atom. The van der Waals surface area contributed by atoms with E-state index in [2.05, 4.69) is 11.4 Å². The average molecular weight is 484 g/mol. The SMILES string of the molecule is Cc1cc2c(cc1S(=O)(=O)N1CCC(C(=O)N3CCCc4ccccc43)CC1)O[C@H](C)C(=O)N2. The summed E-state index contributed by atoms with van der Waals surface area (Å²) in [5, 5.41) is 2.75. The molecule has 0 saturated carbocycles. The molecule has 1 atom stereocenters. The summed E-state index contributed by atoms with van der Waals surface area (Å²) in [6.45, 7) is 4.62. The molecule has 1 fully saturated rings. The van der Waals surface area contributed by atoms with Crippen LogP contribution in [-0.2, 0) is 26.0 Å². The summed E-state index contributed by atoms with van der Waals surface area (Å²) in [6, 6.07) is 11.2. The number of para-hydroxylation sites is 1. The molecule has 2 aromatic rings.